The van der Waals surface area contributed by atoms with E-state index in [0.717, 1.165) is 30.0 Å². The molecule has 1 heterocycles. The predicted octanol–water partition coefficient (Wildman–Crippen LogP) is 7.16. The largest absolute Gasteiger partial charge is 0.416 e. The van der Waals surface area contributed by atoms with Crippen LogP contribution in [0.15, 0.2) is 70.3 Å². The minimum atomic E-state index is -4.61. The summed E-state index contributed by atoms with van der Waals surface area (Å²) in [6.45, 7) is -0.0986. The second-order valence-corrected chi connectivity index (χ2v) is 10.7. The zero-order chi connectivity index (χ0) is 29.0. The molecule has 1 aromatic heterocycles. The third-order valence-electron chi connectivity index (χ3n) is 5.27. The molecule has 0 unspecified atom stereocenters. The molecule has 0 aliphatic heterocycles. The first-order valence-corrected chi connectivity index (χ1v) is 13.7. The van der Waals surface area contributed by atoms with Crippen LogP contribution >= 0.6 is 50.9 Å². The molecule has 40 heavy (non-hydrogen) atoms. The van der Waals surface area contributed by atoms with Crippen molar-refractivity contribution >= 4 is 68.4 Å². The van der Waals surface area contributed by atoms with Gasteiger partial charge in [0.15, 0.2) is 11.0 Å². The number of hydrogen-bond acceptors (Lipinski definition) is 5. The van der Waals surface area contributed by atoms with Crippen LogP contribution in [0, 0.1) is 5.82 Å². The highest BCUT2D eigenvalue weighted by Gasteiger charge is 2.31. The van der Waals surface area contributed by atoms with Crippen LogP contribution in [0.5, 0.6) is 0 Å². The van der Waals surface area contributed by atoms with Crippen LogP contribution in [0.3, 0.4) is 0 Å². The minimum Gasteiger partial charge on any atom is -0.345 e. The number of thioether (sulfide) groups is 1. The molecule has 3 aromatic carbocycles. The van der Waals surface area contributed by atoms with Gasteiger partial charge < -0.3 is 10.6 Å². The highest BCUT2D eigenvalue weighted by molar-refractivity contribution is 9.10. The number of anilines is 1. The maximum Gasteiger partial charge on any atom is 0.416 e. The van der Waals surface area contributed by atoms with Crippen molar-refractivity contribution in [3.8, 4) is 5.69 Å². The Morgan fingerprint density at radius 2 is 1.68 bits per heavy atom. The van der Waals surface area contributed by atoms with E-state index in [1.165, 1.54) is 28.8 Å². The molecule has 0 radical (unpaired) electrons. The Bertz CT molecular complexity index is 1570. The Hall–Kier alpha value is -3.13. The fraction of sp³-hybridized carbons (Fsp3) is 0.120. The second kappa shape index (κ2) is 12.6. The molecule has 0 aliphatic rings. The highest BCUT2D eigenvalue weighted by atomic mass is 79.9. The second-order valence-electron chi connectivity index (χ2n) is 8.05. The van der Waals surface area contributed by atoms with Gasteiger partial charge in [0.05, 0.1) is 39.2 Å². The van der Waals surface area contributed by atoms with Gasteiger partial charge in [-0.25, -0.2) is 4.39 Å². The van der Waals surface area contributed by atoms with E-state index in [1.54, 1.807) is 18.2 Å². The van der Waals surface area contributed by atoms with Gasteiger partial charge in [-0.05, 0) is 60.7 Å². The summed E-state index contributed by atoms with van der Waals surface area (Å²) in [5.74, 6) is -1.63. The van der Waals surface area contributed by atoms with Crippen LogP contribution in [-0.4, -0.2) is 32.3 Å². The Morgan fingerprint density at radius 3 is 2.38 bits per heavy atom. The number of aromatic nitrogens is 3. The molecule has 15 heteroatoms. The molecule has 2 N–H and O–H groups in total. The average Bonchev–Trinajstić information content (AvgIpc) is 3.31. The Labute approximate surface area is 247 Å². The quantitative estimate of drug-likeness (QED) is 0.153. The van der Waals surface area contributed by atoms with Crippen molar-refractivity contribution in [1.29, 1.82) is 0 Å². The summed E-state index contributed by atoms with van der Waals surface area (Å²) in [6, 6.07) is 12.7. The summed E-state index contributed by atoms with van der Waals surface area (Å²) in [4.78, 5) is 25.3. The lowest BCUT2D eigenvalue weighted by atomic mass is 10.2. The molecule has 0 saturated carbocycles. The van der Waals surface area contributed by atoms with Gasteiger partial charge in [-0.1, -0.05) is 50.9 Å². The molecule has 0 bridgehead atoms. The van der Waals surface area contributed by atoms with Gasteiger partial charge in [-0.15, -0.1) is 10.2 Å². The standard InChI is InChI=1S/C25H16BrCl2F4N5O2S/c26-14-2-8-18(27)17(10-14)23(39)33-11-21-35-36-24(37(21)16-5-3-15(29)4-6-16)40-12-22(38)34-20-9-13(25(30,31)32)1-7-19(20)28/h1-10H,11-12H2,(H,33,39)(H,34,38). The van der Waals surface area contributed by atoms with Crippen molar-refractivity contribution < 1.29 is 27.2 Å². The summed E-state index contributed by atoms with van der Waals surface area (Å²) in [5, 5.41) is 13.6. The summed E-state index contributed by atoms with van der Waals surface area (Å²) in [6.07, 6.45) is -4.61. The first-order chi connectivity index (χ1) is 18.9. The van der Waals surface area contributed by atoms with Gasteiger partial charge >= 0.3 is 6.18 Å². The average molecular weight is 677 g/mol. The van der Waals surface area contributed by atoms with Gasteiger partial charge in [0.25, 0.3) is 5.91 Å². The Balaban J connectivity index is 1.52. The van der Waals surface area contributed by atoms with Crippen molar-refractivity contribution in [1.82, 2.24) is 20.1 Å². The lowest BCUT2D eigenvalue weighted by Gasteiger charge is -2.13. The maximum atomic E-state index is 13.6. The predicted molar refractivity (Wildman–Crippen MR) is 147 cm³/mol. The molecule has 7 nitrogen and oxygen atoms in total. The van der Waals surface area contributed by atoms with E-state index in [1.807, 2.05) is 0 Å². The van der Waals surface area contributed by atoms with Gasteiger partial charge in [-0.2, -0.15) is 13.2 Å². The number of alkyl halides is 3. The SMILES string of the molecule is O=C(CSc1nnc(CNC(=O)c2cc(Br)ccc2Cl)n1-c1ccc(F)cc1)Nc1cc(C(F)(F)F)ccc1Cl. The van der Waals surface area contributed by atoms with E-state index in [-0.39, 0.29) is 44.6 Å². The van der Waals surface area contributed by atoms with E-state index >= 15 is 0 Å². The first kappa shape index (κ1) is 29.8. The van der Waals surface area contributed by atoms with Crippen LogP contribution in [0.25, 0.3) is 5.69 Å². The normalized spacial score (nSPS) is 11.4. The van der Waals surface area contributed by atoms with Gasteiger partial charge in [-0.3, -0.25) is 14.2 Å². The Kier molecular flexibility index (Phi) is 9.39. The highest BCUT2D eigenvalue weighted by Crippen LogP contribution is 2.34. The summed E-state index contributed by atoms with van der Waals surface area (Å²) >= 11 is 16.3. The van der Waals surface area contributed by atoms with Gasteiger partial charge in [0, 0.05) is 10.2 Å². The lowest BCUT2D eigenvalue weighted by molar-refractivity contribution is -0.137. The number of nitrogens with zero attached hydrogens (tertiary/aromatic N) is 3. The fourth-order valence-corrected chi connectivity index (χ4v) is 4.90. The number of nitrogens with one attached hydrogen (secondary N) is 2. The Morgan fingerprint density at radius 1 is 0.975 bits per heavy atom. The molecule has 4 aromatic rings. The zero-order valence-electron chi connectivity index (χ0n) is 19.9. The molecular formula is C25H16BrCl2F4N5O2S. The molecule has 0 fully saturated rings. The van der Waals surface area contributed by atoms with Crippen LogP contribution in [0.1, 0.15) is 21.7 Å². The zero-order valence-corrected chi connectivity index (χ0v) is 23.8. The molecule has 208 valence electrons. The minimum absolute atomic E-state index is 0.0654. The van der Waals surface area contributed by atoms with E-state index in [4.69, 9.17) is 23.2 Å². The monoisotopic (exact) mass is 675 g/mol. The van der Waals surface area contributed by atoms with Crippen LogP contribution in [0.2, 0.25) is 10.0 Å². The van der Waals surface area contributed by atoms with Crippen molar-refractivity contribution in [2.45, 2.75) is 17.9 Å². The lowest BCUT2D eigenvalue weighted by Crippen LogP contribution is -2.25. The molecule has 0 aliphatic carbocycles. The van der Waals surface area contributed by atoms with E-state index in [0.29, 0.717) is 10.2 Å². The summed E-state index contributed by atoms with van der Waals surface area (Å²) < 4.78 is 54.9. The van der Waals surface area contributed by atoms with Crippen LogP contribution in [-0.2, 0) is 17.5 Å². The third kappa shape index (κ3) is 7.33. The van der Waals surface area contributed by atoms with Crippen LogP contribution in [0.4, 0.5) is 23.2 Å². The summed E-state index contributed by atoms with van der Waals surface area (Å²) in [5.41, 5.74) is -0.494. The molecule has 2 amide bonds. The number of benzene rings is 3. The van der Waals surface area contributed by atoms with E-state index in [2.05, 4.69) is 36.8 Å². The van der Waals surface area contributed by atoms with Crippen molar-refractivity contribution in [3.63, 3.8) is 0 Å². The topological polar surface area (TPSA) is 88.9 Å². The summed E-state index contributed by atoms with van der Waals surface area (Å²) in [7, 11) is 0. The molecule has 0 saturated heterocycles. The number of carbonyl (C=O) groups is 2. The van der Waals surface area contributed by atoms with Crippen LogP contribution < -0.4 is 10.6 Å². The van der Waals surface area contributed by atoms with E-state index < -0.39 is 29.4 Å². The van der Waals surface area contributed by atoms with E-state index in [9.17, 15) is 27.2 Å². The van der Waals surface area contributed by atoms with Gasteiger partial charge in [0.1, 0.15) is 5.82 Å². The van der Waals surface area contributed by atoms with Crippen molar-refractivity contribution in [2.24, 2.45) is 0 Å². The maximum absolute atomic E-state index is 13.6. The van der Waals surface area contributed by atoms with Crippen molar-refractivity contribution in [3.05, 3.63) is 98.0 Å². The number of rotatable bonds is 8. The van der Waals surface area contributed by atoms with Gasteiger partial charge in [0.2, 0.25) is 5.91 Å². The van der Waals surface area contributed by atoms with Crippen molar-refractivity contribution in [2.75, 3.05) is 11.1 Å². The number of halogens is 7. The molecule has 0 atom stereocenters. The number of carbonyl (C=O) groups excluding carboxylic acids is 2. The smallest absolute Gasteiger partial charge is 0.345 e. The fourth-order valence-electron chi connectivity index (χ4n) is 3.40. The number of amides is 2. The first-order valence-electron chi connectivity index (χ1n) is 11.2. The molecular weight excluding hydrogens is 661 g/mol. The molecule has 4 rings (SSSR count). The number of hydrogen-bond donors (Lipinski definition) is 2. The molecule has 0 spiro atoms. The third-order valence-corrected chi connectivity index (χ3v) is 7.35.